The number of hydrogen-bond acceptors (Lipinski definition) is 7. The monoisotopic (exact) mass is 442 g/mol. The molecule has 1 aliphatic rings. The normalized spacial score (nSPS) is 13.7. The molecule has 8 nitrogen and oxygen atoms in total. The van der Waals surface area contributed by atoms with Crippen LogP contribution in [0.15, 0.2) is 61.1 Å². The number of H-pyrrole nitrogens is 1. The van der Waals surface area contributed by atoms with Crippen molar-refractivity contribution in [1.29, 1.82) is 0 Å². The summed E-state index contributed by atoms with van der Waals surface area (Å²) in [5.41, 5.74) is 5.72. The number of aromatic amines is 1. The van der Waals surface area contributed by atoms with Crippen molar-refractivity contribution in [2.24, 2.45) is 0 Å². The fraction of sp³-hybridized carbons (Fsp3) is 0.240. The number of hydrogen-bond donors (Lipinski definition) is 2. The smallest absolute Gasteiger partial charge is 0.158 e. The minimum absolute atomic E-state index is 0.698. The van der Waals surface area contributed by atoms with Crippen LogP contribution >= 0.6 is 0 Å². The molecule has 0 saturated carbocycles. The Labute approximate surface area is 192 Å². The molecular formula is C25H26N6O2. The summed E-state index contributed by atoms with van der Waals surface area (Å²) < 4.78 is 10.9. The van der Waals surface area contributed by atoms with Gasteiger partial charge in [0.2, 0.25) is 0 Å². The summed E-state index contributed by atoms with van der Waals surface area (Å²) in [6.07, 6.45) is 5.59. The average molecular weight is 443 g/mol. The van der Waals surface area contributed by atoms with Crippen LogP contribution in [0.3, 0.4) is 0 Å². The molecule has 0 unspecified atom stereocenters. The molecule has 0 spiro atoms. The lowest BCUT2D eigenvalue weighted by atomic mass is 10.1. The van der Waals surface area contributed by atoms with Crippen molar-refractivity contribution in [1.82, 2.24) is 19.9 Å². The van der Waals surface area contributed by atoms with Gasteiger partial charge in [-0.15, -0.1) is 0 Å². The minimum Gasteiger partial charge on any atom is -0.495 e. The molecule has 0 aliphatic carbocycles. The zero-order valence-electron chi connectivity index (χ0n) is 18.7. The Morgan fingerprint density at radius 3 is 2.76 bits per heavy atom. The number of aromatic nitrogens is 4. The van der Waals surface area contributed by atoms with Gasteiger partial charge in [-0.3, -0.25) is 9.97 Å². The molecule has 0 amide bonds. The second kappa shape index (κ2) is 9.30. The topological polar surface area (TPSA) is 88.2 Å². The number of methoxy groups -OCH3 is 1. The quantitative estimate of drug-likeness (QED) is 0.457. The summed E-state index contributed by atoms with van der Waals surface area (Å²) in [7, 11) is 1.65. The molecule has 2 N–H and O–H groups in total. The second-order valence-electron chi connectivity index (χ2n) is 7.85. The van der Waals surface area contributed by atoms with Gasteiger partial charge < -0.3 is 24.7 Å². The molecule has 0 atom stereocenters. The first-order chi connectivity index (χ1) is 16.2. The van der Waals surface area contributed by atoms with E-state index in [9.17, 15) is 0 Å². The first-order valence-electron chi connectivity index (χ1n) is 10.9. The van der Waals surface area contributed by atoms with E-state index in [1.807, 2.05) is 55.7 Å². The van der Waals surface area contributed by atoms with Crippen molar-refractivity contribution >= 4 is 17.2 Å². The Bertz CT molecular complexity index is 1250. The number of para-hydroxylation sites is 2. The second-order valence-corrected chi connectivity index (χ2v) is 7.85. The Morgan fingerprint density at radius 1 is 1.06 bits per heavy atom. The maximum absolute atomic E-state index is 5.47. The number of anilines is 3. The van der Waals surface area contributed by atoms with Crippen LogP contribution in [0.2, 0.25) is 0 Å². The summed E-state index contributed by atoms with van der Waals surface area (Å²) in [6.45, 7) is 5.22. The molecule has 0 bridgehead atoms. The molecular weight excluding hydrogens is 416 g/mol. The minimum atomic E-state index is 0.698. The molecule has 1 aromatic carbocycles. The molecule has 4 aromatic rings. The highest BCUT2D eigenvalue weighted by Gasteiger charge is 2.15. The molecule has 168 valence electrons. The van der Waals surface area contributed by atoms with Crippen LogP contribution in [0, 0.1) is 6.92 Å². The fourth-order valence-corrected chi connectivity index (χ4v) is 3.90. The predicted molar refractivity (Wildman–Crippen MR) is 129 cm³/mol. The summed E-state index contributed by atoms with van der Waals surface area (Å²) in [5, 5.41) is 3.35. The average Bonchev–Trinajstić information content (AvgIpc) is 3.25. The number of morpholine rings is 1. The van der Waals surface area contributed by atoms with Crippen LogP contribution in [-0.2, 0) is 4.74 Å². The summed E-state index contributed by atoms with van der Waals surface area (Å²) in [5.74, 6) is 2.19. The maximum atomic E-state index is 5.47. The number of nitrogens with one attached hydrogen (secondary N) is 2. The summed E-state index contributed by atoms with van der Waals surface area (Å²) in [6, 6.07) is 14.0. The number of rotatable bonds is 6. The first kappa shape index (κ1) is 21.0. The van der Waals surface area contributed by atoms with Gasteiger partial charge in [0.25, 0.3) is 0 Å². The van der Waals surface area contributed by atoms with Gasteiger partial charge in [-0.1, -0.05) is 12.1 Å². The molecule has 33 heavy (non-hydrogen) atoms. The predicted octanol–water partition coefficient (Wildman–Crippen LogP) is 4.43. The third kappa shape index (κ3) is 4.51. The zero-order chi connectivity index (χ0) is 22.6. The van der Waals surface area contributed by atoms with E-state index >= 15 is 0 Å². The standard InChI is InChI=1S/C25H26N6O2/c1-17-24(29-21-5-3-4-6-23(21)32-2)30-25(28-17)22-14-18(7-8-27-22)19-13-20(16-26-15-19)31-9-11-33-12-10-31/h3-8,13-16,29H,9-12H2,1-2H3,(H,28,30). The number of imidazole rings is 1. The zero-order valence-corrected chi connectivity index (χ0v) is 18.7. The van der Waals surface area contributed by atoms with Crippen LogP contribution in [-0.4, -0.2) is 53.3 Å². The van der Waals surface area contributed by atoms with Crippen molar-refractivity contribution in [3.05, 3.63) is 66.7 Å². The molecule has 3 aromatic heterocycles. The van der Waals surface area contributed by atoms with E-state index in [-0.39, 0.29) is 0 Å². The summed E-state index contributed by atoms with van der Waals surface area (Å²) >= 11 is 0. The molecule has 1 fully saturated rings. The Morgan fingerprint density at radius 2 is 1.91 bits per heavy atom. The van der Waals surface area contributed by atoms with E-state index < -0.39 is 0 Å². The number of aryl methyl sites for hydroxylation is 1. The summed E-state index contributed by atoms with van der Waals surface area (Å²) in [4.78, 5) is 19.4. The largest absolute Gasteiger partial charge is 0.495 e. The van der Waals surface area contributed by atoms with Gasteiger partial charge >= 0.3 is 0 Å². The van der Waals surface area contributed by atoms with Crippen molar-refractivity contribution < 1.29 is 9.47 Å². The lowest BCUT2D eigenvalue weighted by Crippen LogP contribution is -2.36. The Hall–Kier alpha value is -3.91. The third-order valence-electron chi connectivity index (χ3n) is 5.68. The van der Waals surface area contributed by atoms with Gasteiger partial charge in [0.1, 0.15) is 11.4 Å². The molecule has 1 aliphatic heterocycles. The van der Waals surface area contributed by atoms with E-state index in [1.165, 1.54) is 0 Å². The number of nitrogens with zero attached hydrogens (tertiary/aromatic N) is 4. The van der Waals surface area contributed by atoms with Gasteiger partial charge in [0, 0.05) is 31.0 Å². The number of pyridine rings is 2. The van der Waals surface area contributed by atoms with Crippen LogP contribution in [0.4, 0.5) is 17.2 Å². The highest BCUT2D eigenvalue weighted by Crippen LogP contribution is 2.30. The van der Waals surface area contributed by atoms with E-state index in [1.54, 1.807) is 13.3 Å². The van der Waals surface area contributed by atoms with Crippen molar-refractivity contribution in [2.75, 3.05) is 43.6 Å². The van der Waals surface area contributed by atoms with Crippen molar-refractivity contribution in [3.63, 3.8) is 0 Å². The molecule has 8 heteroatoms. The van der Waals surface area contributed by atoms with Crippen LogP contribution in [0.1, 0.15) is 5.69 Å². The first-order valence-corrected chi connectivity index (χ1v) is 10.9. The fourth-order valence-electron chi connectivity index (χ4n) is 3.90. The maximum Gasteiger partial charge on any atom is 0.158 e. The number of ether oxygens (including phenoxy) is 2. The van der Waals surface area contributed by atoms with Gasteiger partial charge in [0.15, 0.2) is 11.6 Å². The van der Waals surface area contributed by atoms with E-state index in [4.69, 9.17) is 14.5 Å². The highest BCUT2D eigenvalue weighted by molar-refractivity contribution is 5.72. The Balaban J connectivity index is 1.41. The van der Waals surface area contributed by atoms with Crippen LogP contribution < -0.4 is 15.0 Å². The lowest BCUT2D eigenvalue weighted by molar-refractivity contribution is 0.122. The van der Waals surface area contributed by atoms with Crippen LogP contribution in [0.5, 0.6) is 5.75 Å². The van der Waals surface area contributed by atoms with Gasteiger partial charge in [-0.2, -0.15) is 0 Å². The van der Waals surface area contributed by atoms with Gasteiger partial charge in [0.05, 0.1) is 43.6 Å². The van der Waals surface area contributed by atoms with E-state index in [0.29, 0.717) is 5.82 Å². The van der Waals surface area contributed by atoms with E-state index in [2.05, 4.69) is 31.2 Å². The van der Waals surface area contributed by atoms with Crippen molar-refractivity contribution in [2.45, 2.75) is 6.92 Å². The van der Waals surface area contributed by atoms with Crippen molar-refractivity contribution in [3.8, 4) is 28.4 Å². The molecule has 4 heterocycles. The van der Waals surface area contributed by atoms with Crippen LogP contribution in [0.25, 0.3) is 22.6 Å². The number of benzene rings is 1. The Kier molecular flexibility index (Phi) is 5.91. The highest BCUT2D eigenvalue weighted by atomic mass is 16.5. The molecule has 0 radical (unpaired) electrons. The molecule has 5 rings (SSSR count). The van der Waals surface area contributed by atoms with Gasteiger partial charge in [-0.05, 0) is 42.8 Å². The third-order valence-corrected chi connectivity index (χ3v) is 5.68. The lowest BCUT2D eigenvalue weighted by Gasteiger charge is -2.28. The van der Waals surface area contributed by atoms with E-state index in [0.717, 1.165) is 71.8 Å². The molecule has 1 saturated heterocycles. The SMILES string of the molecule is COc1ccccc1Nc1nc(-c2cc(-c3cncc(N4CCOCC4)c3)ccn2)[nH]c1C. The van der Waals surface area contributed by atoms with Gasteiger partial charge in [-0.25, -0.2) is 4.98 Å².